The molecule has 112 valence electrons. The monoisotopic (exact) mass is 292 g/mol. The van der Waals surface area contributed by atoms with Crippen LogP contribution in [0.25, 0.3) is 0 Å². The van der Waals surface area contributed by atoms with Gasteiger partial charge < -0.3 is 9.84 Å². The van der Waals surface area contributed by atoms with Crippen LogP contribution in [0, 0.1) is 5.92 Å². The van der Waals surface area contributed by atoms with E-state index in [4.69, 9.17) is 4.74 Å². The zero-order valence-electron chi connectivity index (χ0n) is 12.4. The zero-order chi connectivity index (χ0) is 15.2. The molecule has 0 bridgehead atoms. The lowest BCUT2D eigenvalue weighted by molar-refractivity contribution is -0.137. The summed E-state index contributed by atoms with van der Waals surface area (Å²) in [7, 11) is -3.80. The van der Waals surface area contributed by atoms with Crippen molar-refractivity contribution in [1.82, 2.24) is 0 Å². The van der Waals surface area contributed by atoms with E-state index in [1.165, 1.54) is 0 Å². The van der Waals surface area contributed by atoms with Crippen LogP contribution < -0.4 is 0 Å². The molecule has 0 aliphatic carbocycles. The van der Waals surface area contributed by atoms with E-state index in [0.717, 1.165) is 0 Å². The van der Waals surface area contributed by atoms with E-state index in [1.54, 1.807) is 27.7 Å². The van der Waals surface area contributed by atoms with Crippen LogP contribution in [0.3, 0.4) is 0 Å². The van der Waals surface area contributed by atoms with Crippen LogP contribution in [0.1, 0.15) is 48.0 Å². The van der Waals surface area contributed by atoms with Gasteiger partial charge in [-0.1, -0.05) is 13.8 Å². The number of rotatable bonds is 4. The molecular formula is C13H24O5S. The van der Waals surface area contributed by atoms with Crippen molar-refractivity contribution in [3.8, 4) is 0 Å². The molecule has 6 heteroatoms. The van der Waals surface area contributed by atoms with Gasteiger partial charge in [-0.15, -0.1) is 0 Å². The summed E-state index contributed by atoms with van der Waals surface area (Å²) in [6, 6.07) is 0. The van der Waals surface area contributed by atoms with E-state index < -0.39 is 43.4 Å². The Morgan fingerprint density at radius 3 is 2.00 bits per heavy atom. The number of hydrogen-bond donors (Lipinski definition) is 1. The van der Waals surface area contributed by atoms with Gasteiger partial charge in [0.1, 0.15) is 0 Å². The van der Waals surface area contributed by atoms with Gasteiger partial charge in [-0.3, -0.25) is 4.79 Å². The Hall–Kier alpha value is -0.620. The fourth-order valence-electron chi connectivity index (χ4n) is 3.01. The van der Waals surface area contributed by atoms with Crippen molar-refractivity contribution in [1.29, 1.82) is 0 Å². The number of carbonyl (C=O) groups is 1. The first kappa shape index (κ1) is 16.4. The van der Waals surface area contributed by atoms with Gasteiger partial charge >= 0.3 is 5.97 Å². The molecule has 2 atom stereocenters. The van der Waals surface area contributed by atoms with Gasteiger partial charge in [0.15, 0.2) is 15.1 Å². The number of hydrogen-bond acceptors (Lipinski definition) is 4. The van der Waals surface area contributed by atoms with E-state index in [1.807, 2.05) is 13.8 Å². The van der Waals surface area contributed by atoms with Gasteiger partial charge in [0, 0.05) is 0 Å². The smallest absolute Gasteiger partial charge is 0.322 e. The molecule has 1 N–H and O–H groups in total. The standard InChI is InChI=1S/C13H24O5S/c1-8(2)10(11(14)15)19(16,17)9-7-12(3,4)18-13(9,5)6/h8-10H,7H2,1-6H3,(H,14,15). The number of ether oxygens (including phenoxy) is 1. The molecule has 19 heavy (non-hydrogen) atoms. The molecule has 0 aromatic carbocycles. The van der Waals surface area contributed by atoms with E-state index in [0.29, 0.717) is 6.42 Å². The lowest BCUT2D eigenvalue weighted by Crippen LogP contribution is -2.47. The molecule has 1 saturated heterocycles. The highest BCUT2D eigenvalue weighted by molar-refractivity contribution is 7.93. The summed E-state index contributed by atoms with van der Waals surface area (Å²) in [5.74, 6) is -1.75. The molecule has 0 radical (unpaired) electrons. The third-order valence-corrected chi connectivity index (χ3v) is 6.57. The Balaban J connectivity index is 3.24. The highest BCUT2D eigenvalue weighted by atomic mass is 32.2. The molecule has 1 aliphatic rings. The number of carboxylic acids is 1. The van der Waals surface area contributed by atoms with Gasteiger partial charge in [-0.2, -0.15) is 0 Å². The second-order valence-corrected chi connectivity index (χ2v) is 9.00. The van der Waals surface area contributed by atoms with Crippen molar-refractivity contribution in [2.75, 3.05) is 0 Å². The van der Waals surface area contributed by atoms with Crippen molar-refractivity contribution < 1.29 is 23.1 Å². The van der Waals surface area contributed by atoms with Gasteiger partial charge in [0.2, 0.25) is 0 Å². The Bertz CT molecular complexity index is 461. The predicted octanol–water partition coefficient (Wildman–Crippen LogP) is 1.86. The largest absolute Gasteiger partial charge is 0.480 e. The topological polar surface area (TPSA) is 80.7 Å². The van der Waals surface area contributed by atoms with Gasteiger partial charge in [-0.25, -0.2) is 8.42 Å². The van der Waals surface area contributed by atoms with Crippen LogP contribution in [0.4, 0.5) is 0 Å². The van der Waals surface area contributed by atoms with Crippen molar-refractivity contribution >= 4 is 15.8 Å². The normalized spacial score (nSPS) is 27.4. The number of sulfone groups is 1. The van der Waals surface area contributed by atoms with Crippen LogP contribution >= 0.6 is 0 Å². The minimum Gasteiger partial charge on any atom is -0.480 e. The molecule has 0 amide bonds. The van der Waals surface area contributed by atoms with Crippen LogP contribution in [0.15, 0.2) is 0 Å². The van der Waals surface area contributed by atoms with Crippen LogP contribution in [0.5, 0.6) is 0 Å². The summed E-state index contributed by atoms with van der Waals surface area (Å²) in [6.07, 6.45) is 0.318. The third kappa shape index (κ3) is 3.11. The Kier molecular flexibility index (Phi) is 4.10. The molecule has 1 rings (SSSR count). The molecule has 0 spiro atoms. The minimum absolute atomic E-state index is 0.318. The van der Waals surface area contributed by atoms with Crippen LogP contribution in [-0.2, 0) is 19.4 Å². The van der Waals surface area contributed by atoms with Crippen molar-refractivity contribution in [3.63, 3.8) is 0 Å². The van der Waals surface area contributed by atoms with E-state index in [2.05, 4.69) is 0 Å². The lowest BCUT2D eigenvalue weighted by Gasteiger charge is -2.29. The zero-order valence-corrected chi connectivity index (χ0v) is 13.2. The van der Waals surface area contributed by atoms with Crippen molar-refractivity contribution in [2.24, 2.45) is 5.92 Å². The second kappa shape index (κ2) is 4.74. The molecule has 1 fully saturated rings. The fraction of sp³-hybridized carbons (Fsp3) is 0.923. The first-order chi connectivity index (χ1) is 8.31. The summed E-state index contributed by atoms with van der Waals surface area (Å²) in [5, 5.41) is 7.05. The first-order valence-electron chi connectivity index (χ1n) is 6.47. The molecule has 1 heterocycles. The maximum Gasteiger partial charge on any atom is 0.322 e. The summed E-state index contributed by atoms with van der Waals surface area (Å²) < 4.78 is 31.1. The van der Waals surface area contributed by atoms with Crippen LogP contribution in [0.2, 0.25) is 0 Å². The summed E-state index contributed by atoms with van der Waals surface area (Å²) >= 11 is 0. The maximum absolute atomic E-state index is 12.7. The molecule has 1 aliphatic heterocycles. The lowest BCUT2D eigenvalue weighted by atomic mass is 10.0. The average molecular weight is 292 g/mol. The fourth-order valence-corrected chi connectivity index (χ4v) is 5.87. The Morgan fingerprint density at radius 2 is 1.74 bits per heavy atom. The van der Waals surface area contributed by atoms with E-state index >= 15 is 0 Å². The molecular weight excluding hydrogens is 268 g/mol. The number of carboxylic acid groups (broad SMARTS) is 1. The SMILES string of the molecule is CC(C)C(C(=O)O)S(=O)(=O)C1CC(C)(C)OC1(C)C. The van der Waals surface area contributed by atoms with E-state index in [9.17, 15) is 18.3 Å². The molecule has 0 saturated carbocycles. The Labute approximate surface area is 115 Å². The van der Waals surface area contributed by atoms with Crippen molar-refractivity contribution in [3.05, 3.63) is 0 Å². The summed E-state index contributed by atoms with van der Waals surface area (Å²) in [6.45, 7) is 10.3. The minimum atomic E-state index is -3.80. The highest BCUT2D eigenvalue weighted by Gasteiger charge is 2.55. The Morgan fingerprint density at radius 1 is 1.26 bits per heavy atom. The maximum atomic E-state index is 12.7. The summed E-state index contributed by atoms with van der Waals surface area (Å²) in [5.41, 5.74) is -1.42. The van der Waals surface area contributed by atoms with Gasteiger partial charge in [0.05, 0.1) is 16.5 Å². The van der Waals surface area contributed by atoms with Crippen molar-refractivity contribution in [2.45, 2.75) is 69.7 Å². The molecule has 2 unspecified atom stereocenters. The molecule has 5 nitrogen and oxygen atoms in total. The summed E-state index contributed by atoms with van der Waals surface area (Å²) in [4.78, 5) is 11.3. The molecule has 0 aromatic heterocycles. The van der Waals surface area contributed by atoms with Crippen LogP contribution in [-0.4, -0.2) is 41.2 Å². The predicted molar refractivity (Wildman–Crippen MR) is 72.8 cm³/mol. The quantitative estimate of drug-likeness (QED) is 0.855. The average Bonchev–Trinajstić information content (AvgIpc) is 2.32. The third-order valence-electron chi connectivity index (χ3n) is 3.59. The highest BCUT2D eigenvalue weighted by Crippen LogP contribution is 2.42. The van der Waals surface area contributed by atoms with E-state index in [-0.39, 0.29) is 0 Å². The number of aliphatic carboxylic acids is 1. The van der Waals surface area contributed by atoms with Gasteiger partial charge in [0.25, 0.3) is 0 Å². The second-order valence-electron chi connectivity index (χ2n) is 6.75. The first-order valence-corrected chi connectivity index (χ1v) is 8.08. The molecule has 0 aromatic rings. The van der Waals surface area contributed by atoms with Gasteiger partial charge in [-0.05, 0) is 40.0 Å².